The Morgan fingerprint density at radius 1 is 1.48 bits per heavy atom. The van der Waals surface area contributed by atoms with Crippen LogP contribution >= 0.6 is 0 Å². The number of H-pyrrole nitrogens is 1. The first-order chi connectivity index (χ1) is 10.9. The standard InChI is InChI=1S/C14H22FN3O5/c1-3-4-5-18(22)11-9(7-19)23-13(10(11)15)17-6-8(2)12(20)16-14(17)21/h6,9-11,13,19,22H,3-5,7H2,1-2H3,(H,16,20,21)/t9-,10+,11-,13+/m1/s1. The molecular weight excluding hydrogens is 309 g/mol. The van der Waals surface area contributed by atoms with E-state index < -0.39 is 42.4 Å². The summed E-state index contributed by atoms with van der Waals surface area (Å²) in [5, 5.41) is 20.2. The Morgan fingerprint density at radius 2 is 2.17 bits per heavy atom. The number of nitrogens with one attached hydrogen (secondary N) is 1. The van der Waals surface area contributed by atoms with Crippen molar-refractivity contribution in [2.45, 2.75) is 51.2 Å². The molecule has 4 atom stereocenters. The molecule has 130 valence electrons. The molecule has 2 rings (SSSR count). The molecular formula is C14H22FN3O5. The van der Waals surface area contributed by atoms with E-state index in [2.05, 4.69) is 4.98 Å². The van der Waals surface area contributed by atoms with Crippen molar-refractivity contribution >= 4 is 0 Å². The largest absolute Gasteiger partial charge is 0.394 e. The van der Waals surface area contributed by atoms with Crippen molar-refractivity contribution in [1.82, 2.24) is 14.6 Å². The van der Waals surface area contributed by atoms with Gasteiger partial charge in [0.2, 0.25) is 0 Å². The van der Waals surface area contributed by atoms with Crippen molar-refractivity contribution in [1.29, 1.82) is 0 Å². The maximum atomic E-state index is 14.8. The summed E-state index contributed by atoms with van der Waals surface area (Å²) < 4.78 is 21.1. The molecule has 8 nitrogen and oxygen atoms in total. The van der Waals surface area contributed by atoms with E-state index in [9.17, 15) is 24.3 Å². The van der Waals surface area contributed by atoms with Crippen LogP contribution in [0, 0.1) is 6.92 Å². The first-order valence-corrected chi connectivity index (χ1v) is 7.58. The first kappa shape index (κ1) is 17.8. The Bertz CT molecular complexity index is 646. The molecule has 0 aliphatic carbocycles. The Kier molecular flexibility index (Phi) is 5.69. The van der Waals surface area contributed by atoms with Crippen LogP contribution in [-0.4, -0.2) is 56.4 Å². The van der Waals surface area contributed by atoms with Crippen molar-refractivity contribution in [3.05, 3.63) is 32.6 Å². The Balaban J connectivity index is 2.30. The minimum atomic E-state index is -1.74. The Hall–Kier alpha value is -1.55. The van der Waals surface area contributed by atoms with Crippen LogP contribution in [0.2, 0.25) is 0 Å². The average Bonchev–Trinajstić information content (AvgIpc) is 2.85. The van der Waals surface area contributed by atoms with Crippen molar-refractivity contribution in [3.8, 4) is 0 Å². The lowest BCUT2D eigenvalue weighted by molar-refractivity contribution is -0.155. The van der Waals surface area contributed by atoms with E-state index in [-0.39, 0.29) is 12.1 Å². The molecule has 1 aromatic rings. The maximum absolute atomic E-state index is 14.8. The van der Waals surface area contributed by atoms with Gasteiger partial charge in [-0.2, -0.15) is 5.06 Å². The maximum Gasteiger partial charge on any atom is 0.330 e. The number of aliphatic hydroxyl groups is 1. The summed E-state index contributed by atoms with van der Waals surface area (Å²) in [4.78, 5) is 25.4. The van der Waals surface area contributed by atoms with Gasteiger partial charge >= 0.3 is 5.69 Å². The van der Waals surface area contributed by atoms with Crippen LogP contribution in [0.25, 0.3) is 0 Å². The van der Waals surface area contributed by atoms with Crippen molar-refractivity contribution in [2.24, 2.45) is 0 Å². The van der Waals surface area contributed by atoms with Gasteiger partial charge in [-0.3, -0.25) is 14.3 Å². The predicted octanol–water partition coefficient (Wildman–Crippen LogP) is -0.0673. The summed E-state index contributed by atoms with van der Waals surface area (Å²) in [5.74, 6) is 0. The fraction of sp³-hybridized carbons (Fsp3) is 0.714. The smallest absolute Gasteiger partial charge is 0.330 e. The zero-order valence-electron chi connectivity index (χ0n) is 13.1. The zero-order valence-corrected chi connectivity index (χ0v) is 13.1. The van der Waals surface area contributed by atoms with E-state index in [0.717, 1.165) is 16.1 Å². The molecule has 0 radical (unpaired) electrons. The molecule has 9 heteroatoms. The van der Waals surface area contributed by atoms with Gasteiger partial charge in [0.05, 0.1) is 12.6 Å². The van der Waals surface area contributed by atoms with E-state index in [1.165, 1.54) is 13.1 Å². The predicted molar refractivity (Wildman–Crippen MR) is 79.1 cm³/mol. The van der Waals surface area contributed by atoms with Crippen LogP contribution in [-0.2, 0) is 4.74 Å². The van der Waals surface area contributed by atoms with E-state index in [0.29, 0.717) is 6.42 Å². The molecule has 1 aliphatic rings. The van der Waals surface area contributed by atoms with Crippen molar-refractivity contribution < 1.29 is 19.4 Å². The number of hydrogen-bond acceptors (Lipinski definition) is 6. The highest BCUT2D eigenvalue weighted by Crippen LogP contribution is 2.33. The molecule has 0 saturated carbocycles. The summed E-state index contributed by atoms with van der Waals surface area (Å²) in [6.45, 7) is 3.15. The molecule has 2 heterocycles. The number of alkyl halides is 1. The number of hydrogen-bond donors (Lipinski definition) is 3. The zero-order chi connectivity index (χ0) is 17.1. The molecule has 0 spiro atoms. The quantitative estimate of drug-likeness (QED) is 0.630. The molecule has 0 amide bonds. The third kappa shape index (κ3) is 3.52. The lowest BCUT2D eigenvalue weighted by Gasteiger charge is -2.26. The van der Waals surface area contributed by atoms with E-state index in [4.69, 9.17) is 4.74 Å². The average molecular weight is 331 g/mol. The van der Waals surface area contributed by atoms with Gasteiger partial charge in [0.25, 0.3) is 5.56 Å². The fourth-order valence-corrected chi connectivity index (χ4v) is 2.68. The normalized spacial score (nSPS) is 27.7. The summed E-state index contributed by atoms with van der Waals surface area (Å²) >= 11 is 0. The van der Waals surface area contributed by atoms with Crippen LogP contribution in [0.1, 0.15) is 31.6 Å². The number of aromatic nitrogens is 2. The van der Waals surface area contributed by atoms with Gasteiger partial charge in [-0.25, -0.2) is 9.18 Å². The van der Waals surface area contributed by atoms with Gasteiger partial charge in [0.1, 0.15) is 6.10 Å². The molecule has 23 heavy (non-hydrogen) atoms. The number of aromatic amines is 1. The van der Waals surface area contributed by atoms with Crippen molar-refractivity contribution in [2.75, 3.05) is 13.2 Å². The summed E-state index contributed by atoms with van der Waals surface area (Å²) in [6, 6.07) is -1.09. The number of aliphatic hydroxyl groups excluding tert-OH is 1. The van der Waals surface area contributed by atoms with Crippen LogP contribution in [0.3, 0.4) is 0 Å². The number of hydroxylamine groups is 2. The Morgan fingerprint density at radius 3 is 2.78 bits per heavy atom. The summed E-state index contributed by atoms with van der Waals surface area (Å²) in [7, 11) is 0. The monoisotopic (exact) mass is 331 g/mol. The number of rotatable bonds is 6. The van der Waals surface area contributed by atoms with Crippen molar-refractivity contribution in [3.63, 3.8) is 0 Å². The van der Waals surface area contributed by atoms with E-state index >= 15 is 0 Å². The van der Waals surface area contributed by atoms with Gasteiger partial charge in [-0.15, -0.1) is 0 Å². The van der Waals surface area contributed by atoms with Crippen LogP contribution < -0.4 is 11.2 Å². The lowest BCUT2D eigenvalue weighted by Crippen LogP contribution is -2.46. The fourth-order valence-electron chi connectivity index (χ4n) is 2.68. The van der Waals surface area contributed by atoms with E-state index in [1.54, 1.807) is 0 Å². The highest BCUT2D eigenvalue weighted by molar-refractivity contribution is 5.04. The minimum absolute atomic E-state index is 0.230. The van der Waals surface area contributed by atoms with Gasteiger partial charge in [0, 0.05) is 18.3 Å². The van der Waals surface area contributed by atoms with Crippen LogP contribution in [0.4, 0.5) is 4.39 Å². The molecule has 3 N–H and O–H groups in total. The highest BCUT2D eigenvalue weighted by atomic mass is 19.1. The van der Waals surface area contributed by atoms with Crippen LogP contribution in [0.15, 0.2) is 15.8 Å². The summed E-state index contributed by atoms with van der Waals surface area (Å²) in [6.07, 6.45) is -1.36. The summed E-state index contributed by atoms with van der Waals surface area (Å²) in [5.41, 5.74) is -1.12. The number of halogens is 1. The number of aryl methyl sites for hydroxylation is 1. The minimum Gasteiger partial charge on any atom is -0.394 e. The van der Waals surface area contributed by atoms with Gasteiger partial charge < -0.3 is 15.1 Å². The second-order valence-corrected chi connectivity index (χ2v) is 5.68. The topological polar surface area (TPSA) is 108 Å². The first-order valence-electron chi connectivity index (χ1n) is 7.58. The molecule has 0 unspecified atom stereocenters. The third-order valence-corrected chi connectivity index (χ3v) is 3.98. The molecule has 1 fully saturated rings. The number of unbranched alkanes of at least 4 members (excludes halogenated alkanes) is 1. The van der Waals surface area contributed by atoms with E-state index in [1.807, 2.05) is 6.92 Å². The van der Waals surface area contributed by atoms with Gasteiger partial charge in [-0.05, 0) is 13.3 Å². The van der Waals surface area contributed by atoms with Gasteiger partial charge in [0.15, 0.2) is 12.4 Å². The third-order valence-electron chi connectivity index (χ3n) is 3.98. The molecule has 1 aliphatic heterocycles. The van der Waals surface area contributed by atoms with Gasteiger partial charge in [-0.1, -0.05) is 13.3 Å². The molecule has 1 saturated heterocycles. The lowest BCUT2D eigenvalue weighted by atomic mass is 10.1. The number of ether oxygens (including phenoxy) is 1. The number of nitrogens with zero attached hydrogens (tertiary/aromatic N) is 2. The molecule has 0 aromatic carbocycles. The Labute approximate surface area is 132 Å². The SMILES string of the molecule is CCCCN(O)[C@H]1[C@H](F)[C@@H](n2cc(C)c(=O)[nH]c2=O)O[C@@H]1CO. The second-order valence-electron chi connectivity index (χ2n) is 5.68. The molecule has 0 bridgehead atoms. The second kappa shape index (κ2) is 7.35. The van der Waals surface area contributed by atoms with Crippen LogP contribution in [0.5, 0.6) is 0 Å². The molecule has 1 aromatic heterocycles. The highest BCUT2D eigenvalue weighted by Gasteiger charge is 2.48.